The van der Waals surface area contributed by atoms with Crippen molar-refractivity contribution in [3.63, 3.8) is 0 Å². The van der Waals surface area contributed by atoms with Gasteiger partial charge >= 0.3 is 0 Å². The normalized spacial score (nSPS) is 12.8. The first-order valence-corrected chi connectivity index (χ1v) is 12.5. The summed E-state index contributed by atoms with van der Waals surface area (Å²) in [5.41, 5.74) is 5.25. The smallest absolute Gasteiger partial charge is 0.223 e. The predicted molar refractivity (Wildman–Crippen MR) is 147 cm³/mol. The van der Waals surface area contributed by atoms with Gasteiger partial charge in [-0.3, -0.25) is 4.99 Å². The Labute approximate surface area is 212 Å². The average molecular weight is 484 g/mol. The van der Waals surface area contributed by atoms with Crippen LogP contribution < -0.4 is 15.4 Å². The molecule has 0 atom stereocenters. The van der Waals surface area contributed by atoms with Gasteiger partial charge in [-0.25, -0.2) is 19.9 Å². The zero-order valence-electron chi connectivity index (χ0n) is 21.5. The quantitative estimate of drug-likeness (QED) is 0.257. The average Bonchev–Trinajstić information content (AvgIpc) is 3.73. The number of hydrogen-bond donors (Lipinski definition) is 2. The standard InChI is InChI=1S/C26H27N7O.C2H6/c1-4-27-21-12-20(9-5-16(21)2)34-23-10-8-19(11-17(23)3)32-25-24-22(30-15-31-25)14-29-26(33-24)28-13-18-6-7-18;1-2/h4-5,8-12,14-15,18H,6-7,13H2,1-3H3,(H,28,29,33)(H,30,31,32);1-2H3. The van der Waals surface area contributed by atoms with Gasteiger partial charge in [-0.2, -0.15) is 0 Å². The van der Waals surface area contributed by atoms with Crippen molar-refractivity contribution in [1.29, 1.82) is 0 Å². The Kier molecular flexibility index (Phi) is 8.05. The largest absolute Gasteiger partial charge is 0.457 e. The van der Waals surface area contributed by atoms with Gasteiger partial charge in [0.25, 0.3) is 0 Å². The van der Waals surface area contributed by atoms with Crippen molar-refractivity contribution in [2.45, 2.75) is 47.5 Å². The van der Waals surface area contributed by atoms with Crippen molar-refractivity contribution in [3.8, 4) is 11.5 Å². The number of aliphatic imine (C=N–C) groups is 1. The van der Waals surface area contributed by atoms with E-state index in [2.05, 4.69) is 35.6 Å². The van der Waals surface area contributed by atoms with Crippen LogP contribution in [0, 0.1) is 19.8 Å². The fraction of sp³-hybridized carbons (Fsp3) is 0.321. The minimum atomic E-state index is 0.599. The molecule has 2 N–H and O–H groups in total. The molecule has 0 spiro atoms. The molecule has 2 aromatic heterocycles. The zero-order valence-corrected chi connectivity index (χ0v) is 21.5. The second-order valence-electron chi connectivity index (χ2n) is 8.52. The maximum atomic E-state index is 6.14. The highest BCUT2D eigenvalue weighted by Gasteiger charge is 2.21. The van der Waals surface area contributed by atoms with Crippen molar-refractivity contribution < 1.29 is 4.74 Å². The molecule has 8 heteroatoms. The first kappa shape index (κ1) is 25.0. The molecule has 0 amide bonds. The van der Waals surface area contributed by atoms with Gasteiger partial charge in [0, 0.05) is 24.5 Å². The summed E-state index contributed by atoms with van der Waals surface area (Å²) in [7, 11) is 0. The van der Waals surface area contributed by atoms with Gasteiger partial charge in [0.15, 0.2) is 5.82 Å². The zero-order chi connectivity index (χ0) is 25.5. The highest BCUT2D eigenvalue weighted by Crippen LogP contribution is 2.32. The predicted octanol–water partition coefficient (Wildman–Crippen LogP) is 7.14. The molecule has 1 fully saturated rings. The van der Waals surface area contributed by atoms with Gasteiger partial charge < -0.3 is 15.4 Å². The number of aromatic nitrogens is 4. The molecule has 1 aliphatic carbocycles. The van der Waals surface area contributed by atoms with Crippen LogP contribution in [0.4, 0.5) is 23.1 Å². The second-order valence-corrected chi connectivity index (χ2v) is 8.52. The molecule has 5 rings (SSSR count). The third-order valence-corrected chi connectivity index (χ3v) is 5.74. The minimum Gasteiger partial charge on any atom is -0.457 e. The molecule has 2 aromatic carbocycles. The van der Waals surface area contributed by atoms with Crippen LogP contribution in [-0.2, 0) is 0 Å². The summed E-state index contributed by atoms with van der Waals surface area (Å²) in [6, 6.07) is 11.8. The third kappa shape index (κ3) is 6.13. The number of fused-ring (bicyclic) bond motifs is 1. The molecule has 186 valence electrons. The summed E-state index contributed by atoms with van der Waals surface area (Å²) in [5, 5.41) is 6.69. The van der Waals surface area contributed by atoms with Crippen LogP contribution in [0.5, 0.6) is 11.5 Å². The SMILES string of the molecule is CC.CC=Nc1cc(Oc2ccc(Nc3ncnc4cnc(NCC5CC5)nc34)cc2C)ccc1C. The monoisotopic (exact) mass is 483 g/mol. The van der Waals surface area contributed by atoms with E-state index in [1.807, 2.05) is 71.0 Å². The Hall–Kier alpha value is -4.07. The fourth-order valence-corrected chi connectivity index (χ4v) is 3.62. The lowest BCUT2D eigenvalue weighted by Crippen LogP contribution is -2.07. The Bertz CT molecular complexity index is 1370. The lowest BCUT2D eigenvalue weighted by molar-refractivity contribution is 0.479. The molecule has 0 bridgehead atoms. The summed E-state index contributed by atoms with van der Waals surface area (Å²) >= 11 is 0. The molecule has 2 heterocycles. The van der Waals surface area contributed by atoms with E-state index >= 15 is 0 Å². The Balaban J connectivity index is 0.00000148. The summed E-state index contributed by atoms with van der Waals surface area (Å²) in [6.45, 7) is 10.9. The topological polar surface area (TPSA) is 97.2 Å². The van der Waals surface area contributed by atoms with E-state index in [9.17, 15) is 0 Å². The van der Waals surface area contributed by atoms with Gasteiger partial charge in [0.05, 0.1) is 11.9 Å². The van der Waals surface area contributed by atoms with E-state index < -0.39 is 0 Å². The summed E-state index contributed by atoms with van der Waals surface area (Å²) in [5.74, 6) is 3.50. The summed E-state index contributed by atoms with van der Waals surface area (Å²) in [4.78, 5) is 22.2. The number of anilines is 3. The molecular weight excluding hydrogens is 450 g/mol. The van der Waals surface area contributed by atoms with Crippen molar-refractivity contribution >= 4 is 40.4 Å². The van der Waals surface area contributed by atoms with Gasteiger partial charge in [-0.1, -0.05) is 19.9 Å². The molecule has 0 saturated heterocycles. The molecule has 8 nitrogen and oxygen atoms in total. The maximum Gasteiger partial charge on any atom is 0.223 e. The van der Waals surface area contributed by atoms with E-state index in [1.165, 1.54) is 19.2 Å². The van der Waals surface area contributed by atoms with Crippen LogP contribution in [0.25, 0.3) is 11.0 Å². The number of aryl methyl sites for hydroxylation is 2. The second kappa shape index (κ2) is 11.6. The van der Waals surface area contributed by atoms with Crippen molar-refractivity contribution in [1.82, 2.24) is 19.9 Å². The van der Waals surface area contributed by atoms with Gasteiger partial charge in [-0.15, -0.1) is 0 Å². The van der Waals surface area contributed by atoms with Crippen LogP contribution >= 0.6 is 0 Å². The Morgan fingerprint density at radius 2 is 1.86 bits per heavy atom. The van der Waals surface area contributed by atoms with E-state index in [4.69, 9.17) is 4.74 Å². The number of rotatable bonds is 8. The number of benzene rings is 2. The van der Waals surface area contributed by atoms with Crippen molar-refractivity contribution in [3.05, 3.63) is 60.0 Å². The Morgan fingerprint density at radius 3 is 2.61 bits per heavy atom. The minimum absolute atomic E-state index is 0.599. The van der Waals surface area contributed by atoms with Crippen LogP contribution in [0.2, 0.25) is 0 Å². The van der Waals surface area contributed by atoms with E-state index in [1.54, 1.807) is 12.4 Å². The highest BCUT2D eigenvalue weighted by molar-refractivity contribution is 5.87. The first-order valence-electron chi connectivity index (χ1n) is 12.5. The number of nitrogens with one attached hydrogen (secondary N) is 2. The molecule has 0 radical (unpaired) electrons. The van der Waals surface area contributed by atoms with Crippen molar-refractivity contribution in [2.75, 3.05) is 17.2 Å². The van der Waals surface area contributed by atoms with Crippen molar-refractivity contribution in [2.24, 2.45) is 10.9 Å². The number of nitrogens with zero attached hydrogens (tertiary/aromatic N) is 5. The van der Waals surface area contributed by atoms with E-state index in [0.29, 0.717) is 22.8 Å². The highest BCUT2D eigenvalue weighted by atomic mass is 16.5. The fourth-order valence-electron chi connectivity index (χ4n) is 3.62. The molecular formula is C28H33N7O. The summed E-state index contributed by atoms with van der Waals surface area (Å²) < 4.78 is 6.14. The maximum absolute atomic E-state index is 6.14. The van der Waals surface area contributed by atoms with Gasteiger partial charge in [0.2, 0.25) is 5.95 Å². The molecule has 1 saturated carbocycles. The summed E-state index contributed by atoms with van der Waals surface area (Å²) in [6.07, 6.45) is 7.57. The third-order valence-electron chi connectivity index (χ3n) is 5.74. The van der Waals surface area contributed by atoms with Crippen LogP contribution in [0.15, 0.2) is 53.9 Å². The molecule has 1 aliphatic rings. The Morgan fingerprint density at radius 1 is 1.03 bits per heavy atom. The molecule has 4 aromatic rings. The number of ether oxygens (including phenoxy) is 1. The van der Waals surface area contributed by atoms with Crippen LogP contribution in [0.3, 0.4) is 0 Å². The van der Waals surface area contributed by atoms with Crippen LogP contribution in [0.1, 0.15) is 44.7 Å². The van der Waals surface area contributed by atoms with Gasteiger partial charge in [0.1, 0.15) is 28.9 Å². The number of hydrogen-bond acceptors (Lipinski definition) is 8. The van der Waals surface area contributed by atoms with Crippen LogP contribution in [-0.4, -0.2) is 32.7 Å². The molecule has 36 heavy (non-hydrogen) atoms. The van der Waals surface area contributed by atoms with Gasteiger partial charge in [-0.05, 0) is 74.9 Å². The van der Waals surface area contributed by atoms with E-state index in [-0.39, 0.29) is 0 Å². The lowest BCUT2D eigenvalue weighted by Gasteiger charge is -2.13. The molecule has 0 unspecified atom stereocenters. The van der Waals surface area contributed by atoms with E-state index in [0.717, 1.165) is 46.5 Å². The molecule has 0 aliphatic heterocycles. The lowest BCUT2D eigenvalue weighted by atomic mass is 10.2. The first-order chi connectivity index (χ1) is 17.6.